The lowest BCUT2D eigenvalue weighted by atomic mass is 10.1. The summed E-state index contributed by atoms with van der Waals surface area (Å²) in [5, 5.41) is 0. The standard InChI is InChI=1S/C19H27F3N2O4S2/c1-27-17-12-24(9-10-28-17)14-3-4-16(15(11-14)19(20,21)22)30(25,26)23-8-7-18(5-6-18)13-29-2/h3-4,11,17,23H,5-10,12-13H2,1-2H3. The van der Waals surface area contributed by atoms with Crippen molar-refractivity contribution in [3.8, 4) is 0 Å². The fourth-order valence-electron chi connectivity index (χ4n) is 3.64. The number of nitrogens with one attached hydrogen (secondary N) is 1. The van der Waals surface area contributed by atoms with Crippen molar-refractivity contribution < 1.29 is 31.1 Å². The van der Waals surface area contributed by atoms with Crippen LogP contribution in [-0.4, -0.2) is 60.1 Å². The molecule has 30 heavy (non-hydrogen) atoms. The van der Waals surface area contributed by atoms with Gasteiger partial charge in [-0.15, -0.1) is 0 Å². The van der Waals surface area contributed by atoms with Crippen LogP contribution >= 0.6 is 11.8 Å². The molecule has 0 amide bonds. The number of methoxy groups -OCH3 is 1. The highest BCUT2D eigenvalue weighted by atomic mass is 32.2. The molecule has 0 spiro atoms. The van der Waals surface area contributed by atoms with Gasteiger partial charge in [0.1, 0.15) is 0 Å². The van der Waals surface area contributed by atoms with E-state index in [1.165, 1.54) is 13.2 Å². The summed E-state index contributed by atoms with van der Waals surface area (Å²) < 4.78 is 79.4. The maximum atomic E-state index is 13.7. The van der Waals surface area contributed by atoms with E-state index < -0.39 is 32.9 Å². The van der Waals surface area contributed by atoms with Crippen molar-refractivity contribution in [2.24, 2.45) is 5.41 Å². The van der Waals surface area contributed by atoms with Crippen LogP contribution in [0.1, 0.15) is 24.8 Å². The smallest absolute Gasteiger partial charge is 0.364 e. The summed E-state index contributed by atoms with van der Waals surface area (Å²) in [4.78, 5) is 0.945. The zero-order valence-electron chi connectivity index (χ0n) is 17.0. The number of anilines is 1. The largest absolute Gasteiger partial charge is 0.417 e. The Morgan fingerprint density at radius 2 is 2.10 bits per heavy atom. The van der Waals surface area contributed by atoms with Crippen molar-refractivity contribution in [1.82, 2.24) is 4.72 Å². The van der Waals surface area contributed by atoms with Gasteiger partial charge in [0.15, 0.2) is 6.29 Å². The van der Waals surface area contributed by atoms with Crippen molar-refractivity contribution in [2.45, 2.75) is 36.6 Å². The number of benzene rings is 1. The van der Waals surface area contributed by atoms with Gasteiger partial charge < -0.3 is 14.4 Å². The molecule has 1 atom stereocenters. The number of alkyl halides is 3. The van der Waals surface area contributed by atoms with Gasteiger partial charge in [-0.3, -0.25) is 0 Å². The van der Waals surface area contributed by atoms with Gasteiger partial charge in [0.25, 0.3) is 0 Å². The molecule has 1 aromatic rings. The minimum absolute atomic E-state index is 0.118. The number of sulfonamides is 1. The number of rotatable bonds is 9. The SMILES string of the molecule is COC1CN(c2ccc(S(=O)(=O)NCCC3(CSC)CC3)c(C(F)(F)F)c2)CCO1. The summed E-state index contributed by atoms with van der Waals surface area (Å²) in [6.07, 6.45) is -0.679. The molecule has 0 aromatic heterocycles. The number of hydrogen-bond acceptors (Lipinski definition) is 6. The lowest BCUT2D eigenvalue weighted by molar-refractivity contribution is -0.139. The minimum atomic E-state index is -4.80. The van der Waals surface area contributed by atoms with Crippen LogP contribution in [0.25, 0.3) is 0 Å². The highest BCUT2D eigenvalue weighted by Gasteiger charge is 2.42. The Morgan fingerprint density at radius 1 is 1.37 bits per heavy atom. The number of morpholine rings is 1. The van der Waals surface area contributed by atoms with E-state index in [9.17, 15) is 21.6 Å². The molecule has 1 aromatic carbocycles. The van der Waals surface area contributed by atoms with Crippen LogP contribution in [0.15, 0.2) is 23.1 Å². The first-order valence-corrected chi connectivity index (χ1v) is 12.6. The molecule has 0 bridgehead atoms. The van der Waals surface area contributed by atoms with Crippen LogP contribution in [-0.2, 0) is 25.7 Å². The molecule has 1 N–H and O–H groups in total. The van der Waals surface area contributed by atoms with Gasteiger partial charge in [-0.25, -0.2) is 13.1 Å². The van der Waals surface area contributed by atoms with E-state index in [0.717, 1.165) is 30.7 Å². The maximum Gasteiger partial charge on any atom is 0.417 e. The summed E-state index contributed by atoms with van der Waals surface area (Å²) in [7, 11) is -2.83. The molecule has 2 fully saturated rings. The van der Waals surface area contributed by atoms with Crippen LogP contribution in [0.3, 0.4) is 0 Å². The van der Waals surface area contributed by atoms with Gasteiger partial charge in [0.05, 0.1) is 23.6 Å². The highest BCUT2D eigenvalue weighted by Crippen LogP contribution is 2.50. The van der Waals surface area contributed by atoms with Crippen molar-refractivity contribution in [3.63, 3.8) is 0 Å². The summed E-state index contributed by atoms with van der Waals surface area (Å²) in [6.45, 7) is 1.08. The number of nitrogens with zero attached hydrogens (tertiary/aromatic N) is 1. The molecular weight excluding hydrogens is 441 g/mol. The van der Waals surface area contributed by atoms with E-state index in [-0.39, 0.29) is 24.2 Å². The van der Waals surface area contributed by atoms with Gasteiger partial charge in [0.2, 0.25) is 10.0 Å². The summed E-state index contributed by atoms with van der Waals surface area (Å²) >= 11 is 1.70. The van der Waals surface area contributed by atoms with Crippen molar-refractivity contribution in [1.29, 1.82) is 0 Å². The molecule has 2 aliphatic rings. The van der Waals surface area contributed by atoms with Crippen molar-refractivity contribution in [3.05, 3.63) is 23.8 Å². The van der Waals surface area contributed by atoms with Crippen molar-refractivity contribution in [2.75, 3.05) is 50.3 Å². The van der Waals surface area contributed by atoms with Gasteiger partial charge in [-0.1, -0.05) is 0 Å². The Balaban J connectivity index is 1.79. The Labute approximate surface area is 179 Å². The lowest BCUT2D eigenvalue weighted by Crippen LogP contribution is -2.43. The minimum Gasteiger partial charge on any atom is -0.364 e. The predicted molar refractivity (Wildman–Crippen MR) is 110 cm³/mol. The average molecular weight is 469 g/mol. The Bertz CT molecular complexity index is 845. The molecule has 1 aliphatic heterocycles. The number of ether oxygens (including phenoxy) is 2. The first kappa shape index (κ1) is 23.6. The van der Waals surface area contributed by atoms with E-state index in [1.54, 1.807) is 16.7 Å². The van der Waals surface area contributed by atoms with Crippen LogP contribution < -0.4 is 9.62 Å². The Morgan fingerprint density at radius 3 is 2.70 bits per heavy atom. The highest BCUT2D eigenvalue weighted by molar-refractivity contribution is 7.98. The zero-order valence-corrected chi connectivity index (χ0v) is 18.6. The van der Waals surface area contributed by atoms with Gasteiger partial charge in [0, 0.05) is 25.9 Å². The third-order valence-electron chi connectivity index (χ3n) is 5.58. The van der Waals surface area contributed by atoms with E-state index in [1.807, 2.05) is 6.26 Å². The van der Waals surface area contributed by atoms with Crippen LogP contribution in [0.4, 0.5) is 18.9 Å². The molecule has 11 heteroatoms. The third kappa shape index (κ3) is 5.61. The second-order valence-corrected chi connectivity index (χ2v) is 10.3. The number of hydrogen-bond donors (Lipinski definition) is 1. The molecule has 1 heterocycles. The second kappa shape index (κ2) is 9.23. The van der Waals surface area contributed by atoms with Gasteiger partial charge in [-0.05, 0) is 54.9 Å². The fourth-order valence-corrected chi connectivity index (χ4v) is 5.93. The van der Waals surface area contributed by atoms with Gasteiger partial charge in [-0.2, -0.15) is 24.9 Å². The van der Waals surface area contributed by atoms with E-state index in [0.29, 0.717) is 19.6 Å². The van der Waals surface area contributed by atoms with Crippen LogP contribution in [0, 0.1) is 5.41 Å². The molecular formula is C19H27F3N2O4S2. The normalized spacial score (nSPS) is 21.6. The number of halogens is 3. The monoisotopic (exact) mass is 468 g/mol. The molecule has 1 unspecified atom stereocenters. The zero-order chi connectivity index (χ0) is 22.0. The molecule has 1 saturated heterocycles. The average Bonchev–Trinajstić information content (AvgIpc) is 3.46. The molecule has 170 valence electrons. The third-order valence-corrected chi connectivity index (χ3v) is 8.00. The summed E-state index contributed by atoms with van der Waals surface area (Å²) in [5.74, 6) is 0.930. The molecule has 0 radical (unpaired) electrons. The van der Waals surface area contributed by atoms with Crippen LogP contribution in [0.5, 0.6) is 0 Å². The topological polar surface area (TPSA) is 67.9 Å². The first-order valence-electron chi connectivity index (χ1n) is 9.69. The van der Waals surface area contributed by atoms with Crippen LogP contribution in [0.2, 0.25) is 0 Å². The quantitative estimate of drug-likeness (QED) is 0.600. The van der Waals surface area contributed by atoms with Gasteiger partial charge >= 0.3 is 6.18 Å². The predicted octanol–water partition coefficient (Wildman–Crippen LogP) is 3.33. The fraction of sp³-hybridized carbons (Fsp3) is 0.684. The lowest BCUT2D eigenvalue weighted by Gasteiger charge is -2.34. The Hall–Kier alpha value is -1.01. The number of thioether (sulfide) groups is 1. The molecule has 6 nitrogen and oxygen atoms in total. The van der Waals surface area contributed by atoms with E-state index >= 15 is 0 Å². The molecule has 3 rings (SSSR count). The first-order chi connectivity index (χ1) is 14.1. The van der Waals surface area contributed by atoms with Crippen molar-refractivity contribution >= 4 is 27.5 Å². The van der Waals surface area contributed by atoms with E-state index in [2.05, 4.69) is 4.72 Å². The van der Waals surface area contributed by atoms with E-state index in [4.69, 9.17) is 9.47 Å². The molecule has 1 saturated carbocycles. The Kier molecular flexibility index (Phi) is 7.28. The summed E-state index contributed by atoms with van der Waals surface area (Å²) in [5.41, 5.74) is -0.769. The maximum absolute atomic E-state index is 13.7. The summed E-state index contributed by atoms with van der Waals surface area (Å²) in [6, 6.07) is 3.33. The second-order valence-electron chi connectivity index (χ2n) is 7.74. The molecule has 1 aliphatic carbocycles.